The lowest BCUT2D eigenvalue weighted by Crippen LogP contribution is -2.25. The first-order valence-electron chi connectivity index (χ1n) is 9.35. The Hall–Kier alpha value is -2.86. The van der Waals surface area contributed by atoms with E-state index in [1.165, 1.54) is 0 Å². The molecule has 1 heterocycles. The number of amides is 1. The van der Waals surface area contributed by atoms with Crippen molar-refractivity contribution in [2.24, 2.45) is 0 Å². The number of ether oxygens (including phenoxy) is 3. The average molecular weight is 382 g/mol. The first-order chi connectivity index (χ1) is 13.6. The molecule has 1 amide bonds. The molecule has 1 radical (unpaired) electrons. The van der Waals surface area contributed by atoms with Gasteiger partial charge in [-0.3, -0.25) is 15.3 Å². The van der Waals surface area contributed by atoms with Gasteiger partial charge in [0.25, 0.3) is 5.91 Å². The Kier molecular flexibility index (Phi) is 6.66. The molecular weight excluding hydrogens is 358 g/mol. The molecule has 6 nitrogen and oxygen atoms in total. The van der Waals surface area contributed by atoms with Crippen molar-refractivity contribution in [2.75, 3.05) is 13.7 Å². The highest BCUT2D eigenvalue weighted by atomic mass is 16.5. The summed E-state index contributed by atoms with van der Waals surface area (Å²) < 4.78 is 16.1. The van der Waals surface area contributed by atoms with Crippen LogP contribution in [0.5, 0.6) is 5.75 Å². The molecule has 3 rings (SSSR count). The molecule has 6 heteroatoms. The highest BCUT2D eigenvalue weighted by molar-refractivity contribution is 6.02. The Bertz CT molecular complexity index is 795. The van der Waals surface area contributed by atoms with Crippen LogP contribution in [-0.4, -0.2) is 25.6 Å². The zero-order chi connectivity index (χ0) is 19.9. The summed E-state index contributed by atoms with van der Waals surface area (Å²) >= 11 is 0. The largest absolute Gasteiger partial charge is 0.497 e. The van der Waals surface area contributed by atoms with Crippen LogP contribution in [-0.2, 0) is 25.7 Å². The lowest BCUT2D eigenvalue weighted by atomic mass is 9.94. The van der Waals surface area contributed by atoms with Crippen LogP contribution >= 0.6 is 0 Å². The van der Waals surface area contributed by atoms with Crippen LogP contribution in [0.4, 0.5) is 0 Å². The van der Waals surface area contributed by atoms with Gasteiger partial charge in [0, 0.05) is 6.61 Å². The van der Waals surface area contributed by atoms with E-state index >= 15 is 0 Å². The predicted molar refractivity (Wildman–Crippen MR) is 103 cm³/mol. The van der Waals surface area contributed by atoms with Crippen molar-refractivity contribution in [2.45, 2.75) is 37.9 Å². The second-order valence-corrected chi connectivity index (χ2v) is 6.77. The van der Waals surface area contributed by atoms with Crippen molar-refractivity contribution in [3.8, 4) is 5.75 Å². The first-order valence-corrected chi connectivity index (χ1v) is 9.35. The average Bonchev–Trinajstić information content (AvgIpc) is 2.73. The van der Waals surface area contributed by atoms with Gasteiger partial charge in [-0.1, -0.05) is 36.4 Å². The van der Waals surface area contributed by atoms with Crippen LogP contribution in [0.2, 0.25) is 0 Å². The molecule has 0 saturated carbocycles. The number of carbonyl (C=O) groups excluding carboxylic acids is 2. The Morgan fingerprint density at radius 3 is 2.39 bits per heavy atom. The normalized spacial score (nSPS) is 17.5. The van der Waals surface area contributed by atoms with Gasteiger partial charge in [0.2, 0.25) is 0 Å². The van der Waals surface area contributed by atoms with Crippen LogP contribution in [0, 0.1) is 0 Å². The minimum atomic E-state index is -1.25. The minimum absolute atomic E-state index is 0.0284. The van der Waals surface area contributed by atoms with Crippen LogP contribution in [0.3, 0.4) is 0 Å². The molecule has 0 spiro atoms. The SMILES string of the molecule is COc1ccc(COC(=O)C(C([NH])=O)c2ccc(C3CCCCO3)cc2)cc1. The number of carbonyl (C=O) groups is 2. The molecular formula is C22H24NO5. The van der Waals surface area contributed by atoms with Crippen LogP contribution < -0.4 is 10.5 Å². The number of methoxy groups -OCH3 is 1. The molecule has 2 atom stereocenters. The molecule has 1 fully saturated rings. The molecule has 2 aromatic rings. The molecule has 1 N–H and O–H groups in total. The predicted octanol–water partition coefficient (Wildman–Crippen LogP) is 3.57. The second kappa shape index (κ2) is 9.37. The molecule has 0 aromatic heterocycles. The minimum Gasteiger partial charge on any atom is -0.497 e. The lowest BCUT2D eigenvalue weighted by molar-refractivity contribution is -0.149. The van der Waals surface area contributed by atoms with Gasteiger partial charge in [-0.15, -0.1) is 0 Å². The van der Waals surface area contributed by atoms with E-state index in [9.17, 15) is 9.59 Å². The number of hydrogen-bond donors (Lipinski definition) is 0. The van der Waals surface area contributed by atoms with Gasteiger partial charge in [0.05, 0.1) is 13.2 Å². The third kappa shape index (κ3) is 4.89. The van der Waals surface area contributed by atoms with E-state index in [-0.39, 0.29) is 12.7 Å². The van der Waals surface area contributed by atoms with Gasteiger partial charge in [-0.2, -0.15) is 0 Å². The summed E-state index contributed by atoms with van der Waals surface area (Å²) in [5.74, 6) is -2.25. The van der Waals surface area contributed by atoms with E-state index in [0.717, 1.165) is 37.0 Å². The van der Waals surface area contributed by atoms with Crippen molar-refractivity contribution in [3.05, 3.63) is 65.2 Å². The third-order valence-electron chi connectivity index (χ3n) is 4.86. The van der Waals surface area contributed by atoms with Gasteiger partial charge in [-0.25, -0.2) is 0 Å². The first kappa shape index (κ1) is 19.9. The molecule has 0 aliphatic carbocycles. The summed E-state index contributed by atoms with van der Waals surface area (Å²) in [7, 11) is 1.57. The van der Waals surface area contributed by atoms with Gasteiger partial charge < -0.3 is 14.2 Å². The molecule has 2 unspecified atom stereocenters. The van der Waals surface area contributed by atoms with E-state index in [1.807, 2.05) is 12.1 Å². The van der Waals surface area contributed by atoms with Gasteiger partial charge in [0.15, 0.2) is 5.92 Å². The fourth-order valence-corrected chi connectivity index (χ4v) is 3.26. The monoisotopic (exact) mass is 382 g/mol. The zero-order valence-electron chi connectivity index (χ0n) is 15.9. The Morgan fingerprint density at radius 2 is 1.82 bits per heavy atom. The second-order valence-electron chi connectivity index (χ2n) is 6.77. The van der Waals surface area contributed by atoms with E-state index in [0.29, 0.717) is 11.3 Å². The summed E-state index contributed by atoms with van der Waals surface area (Å²) in [5.41, 5.74) is 9.76. The van der Waals surface area contributed by atoms with Crippen molar-refractivity contribution < 1.29 is 23.8 Å². The third-order valence-corrected chi connectivity index (χ3v) is 4.86. The quantitative estimate of drug-likeness (QED) is 0.540. The Labute approximate surface area is 164 Å². The molecule has 147 valence electrons. The number of hydrogen-bond acceptors (Lipinski definition) is 5. The van der Waals surface area contributed by atoms with E-state index in [2.05, 4.69) is 0 Å². The maximum Gasteiger partial charge on any atom is 0.323 e. The number of benzene rings is 2. The summed E-state index contributed by atoms with van der Waals surface area (Å²) in [6, 6.07) is 14.2. The van der Waals surface area contributed by atoms with Crippen LogP contribution in [0.15, 0.2) is 48.5 Å². The van der Waals surface area contributed by atoms with Crippen molar-refractivity contribution in [1.82, 2.24) is 5.73 Å². The van der Waals surface area contributed by atoms with Crippen LogP contribution in [0.25, 0.3) is 0 Å². The molecule has 2 aromatic carbocycles. The Morgan fingerprint density at radius 1 is 1.11 bits per heavy atom. The van der Waals surface area contributed by atoms with Gasteiger partial charge in [0.1, 0.15) is 12.4 Å². The highest BCUT2D eigenvalue weighted by Gasteiger charge is 2.29. The lowest BCUT2D eigenvalue weighted by Gasteiger charge is -2.23. The van der Waals surface area contributed by atoms with Crippen molar-refractivity contribution in [1.29, 1.82) is 0 Å². The Balaban J connectivity index is 1.66. The summed E-state index contributed by atoms with van der Waals surface area (Å²) in [6.07, 6.45) is 3.21. The number of nitrogens with one attached hydrogen (secondary N) is 1. The zero-order valence-corrected chi connectivity index (χ0v) is 15.9. The maximum absolute atomic E-state index is 12.5. The number of esters is 1. The molecule has 0 bridgehead atoms. The highest BCUT2D eigenvalue weighted by Crippen LogP contribution is 2.29. The van der Waals surface area contributed by atoms with Gasteiger partial charge >= 0.3 is 5.97 Å². The number of rotatable bonds is 7. The fraction of sp³-hybridized carbons (Fsp3) is 0.364. The smallest absolute Gasteiger partial charge is 0.323 e. The van der Waals surface area contributed by atoms with E-state index in [1.54, 1.807) is 43.5 Å². The maximum atomic E-state index is 12.5. The summed E-state index contributed by atoms with van der Waals surface area (Å²) in [4.78, 5) is 24.2. The van der Waals surface area contributed by atoms with E-state index < -0.39 is 17.8 Å². The van der Waals surface area contributed by atoms with Crippen molar-refractivity contribution in [3.63, 3.8) is 0 Å². The topological polar surface area (TPSA) is 85.6 Å². The van der Waals surface area contributed by atoms with E-state index in [4.69, 9.17) is 19.9 Å². The molecule has 1 saturated heterocycles. The van der Waals surface area contributed by atoms with Gasteiger partial charge in [-0.05, 0) is 48.1 Å². The molecule has 1 aliphatic heterocycles. The molecule has 28 heavy (non-hydrogen) atoms. The fourth-order valence-electron chi connectivity index (χ4n) is 3.26. The molecule has 1 aliphatic rings. The standard InChI is InChI=1S/C22H24NO5/c1-26-18-11-5-15(6-12-18)14-28-22(25)20(21(23)24)17-9-7-16(8-10-17)19-4-2-3-13-27-19/h5-12,19-20,23H,2-4,13-14H2,1H3. The summed E-state index contributed by atoms with van der Waals surface area (Å²) in [5, 5.41) is 0. The van der Waals surface area contributed by atoms with Crippen LogP contribution in [0.1, 0.15) is 48.0 Å². The summed E-state index contributed by atoms with van der Waals surface area (Å²) in [6.45, 7) is 0.776. The van der Waals surface area contributed by atoms with Crippen molar-refractivity contribution >= 4 is 11.9 Å².